The SMILES string of the molecule is CCCOCCCCCc1cc(C(=O)NCc2cnc(Nc3ccc(C(F)(F)F)cc3)s2)ncn1. The maximum atomic E-state index is 12.7. The largest absolute Gasteiger partial charge is 0.416 e. The van der Waals surface area contributed by atoms with Crippen LogP contribution in [0.3, 0.4) is 0 Å². The average molecular weight is 508 g/mol. The Morgan fingerprint density at radius 1 is 1.06 bits per heavy atom. The number of hydrogen-bond acceptors (Lipinski definition) is 7. The third-order valence-electron chi connectivity index (χ3n) is 4.97. The molecule has 0 saturated carbocycles. The minimum Gasteiger partial charge on any atom is -0.381 e. The van der Waals surface area contributed by atoms with E-state index in [4.69, 9.17) is 4.74 Å². The first kappa shape index (κ1) is 26.6. The molecule has 0 fully saturated rings. The fourth-order valence-electron chi connectivity index (χ4n) is 3.16. The number of nitrogens with zero attached hydrogens (tertiary/aromatic N) is 3. The number of halogens is 3. The van der Waals surface area contributed by atoms with Crippen LogP contribution in [0.1, 0.15) is 59.2 Å². The van der Waals surface area contributed by atoms with Gasteiger partial charge >= 0.3 is 6.18 Å². The number of aromatic nitrogens is 3. The highest BCUT2D eigenvalue weighted by atomic mass is 32.1. The first-order valence-electron chi connectivity index (χ1n) is 11.4. The zero-order chi connectivity index (χ0) is 25.1. The van der Waals surface area contributed by atoms with Crippen molar-refractivity contribution in [2.45, 2.75) is 51.7 Å². The first-order chi connectivity index (χ1) is 16.8. The summed E-state index contributed by atoms with van der Waals surface area (Å²) in [5.74, 6) is -0.313. The minimum atomic E-state index is -4.38. The van der Waals surface area contributed by atoms with E-state index in [9.17, 15) is 18.0 Å². The predicted octanol–water partition coefficient (Wildman–Crippen LogP) is 5.76. The van der Waals surface area contributed by atoms with E-state index >= 15 is 0 Å². The Bertz CT molecular complexity index is 1070. The number of amides is 1. The second kappa shape index (κ2) is 13.1. The second-order valence-corrected chi connectivity index (χ2v) is 8.95. The van der Waals surface area contributed by atoms with Gasteiger partial charge in [0.15, 0.2) is 5.13 Å². The number of carbonyl (C=O) groups is 1. The molecule has 3 rings (SSSR count). The molecule has 0 aliphatic rings. The fraction of sp³-hybridized carbons (Fsp3) is 0.417. The van der Waals surface area contributed by atoms with Crippen LogP contribution in [0.15, 0.2) is 42.9 Å². The molecule has 188 valence electrons. The molecule has 0 radical (unpaired) electrons. The van der Waals surface area contributed by atoms with Crippen molar-refractivity contribution in [3.05, 3.63) is 64.7 Å². The van der Waals surface area contributed by atoms with Gasteiger partial charge in [-0.1, -0.05) is 24.7 Å². The van der Waals surface area contributed by atoms with E-state index in [-0.39, 0.29) is 12.5 Å². The molecule has 2 N–H and O–H groups in total. The Balaban J connectivity index is 1.44. The van der Waals surface area contributed by atoms with Crippen molar-refractivity contribution in [3.63, 3.8) is 0 Å². The Kier molecular flexibility index (Phi) is 9.98. The Hall–Kier alpha value is -3.05. The number of alkyl halides is 3. The Morgan fingerprint density at radius 3 is 2.60 bits per heavy atom. The number of ether oxygens (including phenoxy) is 1. The van der Waals surface area contributed by atoms with Gasteiger partial charge < -0.3 is 15.4 Å². The maximum Gasteiger partial charge on any atom is 0.416 e. The van der Waals surface area contributed by atoms with Gasteiger partial charge in [0.1, 0.15) is 12.0 Å². The highest BCUT2D eigenvalue weighted by Gasteiger charge is 2.29. The first-order valence-corrected chi connectivity index (χ1v) is 12.2. The van der Waals surface area contributed by atoms with Crippen molar-refractivity contribution in [3.8, 4) is 0 Å². The van der Waals surface area contributed by atoms with Crippen molar-refractivity contribution >= 4 is 28.1 Å². The summed E-state index contributed by atoms with van der Waals surface area (Å²) in [7, 11) is 0. The predicted molar refractivity (Wildman–Crippen MR) is 129 cm³/mol. The number of aryl methyl sites for hydroxylation is 1. The molecule has 0 atom stereocenters. The lowest BCUT2D eigenvalue weighted by Gasteiger charge is -2.07. The number of nitrogens with one attached hydrogen (secondary N) is 2. The molecule has 7 nitrogen and oxygen atoms in total. The highest BCUT2D eigenvalue weighted by molar-refractivity contribution is 7.15. The van der Waals surface area contributed by atoms with Gasteiger partial charge in [-0.3, -0.25) is 4.79 Å². The Labute approximate surface area is 206 Å². The summed E-state index contributed by atoms with van der Waals surface area (Å²) in [5.41, 5.74) is 0.898. The van der Waals surface area contributed by atoms with Gasteiger partial charge in [-0.25, -0.2) is 15.0 Å². The van der Waals surface area contributed by atoms with Gasteiger partial charge in [-0.15, -0.1) is 0 Å². The second-order valence-electron chi connectivity index (χ2n) is 7.83. The van der Waals surface area contributed by atoms with Crippen LogP contribution < -0.4 is 10.6 Å². The zero-order valence-corrected chi connectivity index (χ0v) is 20.2. The summed E-state index contributed by atoms with van der Waals surface area (Å²) in [6, 6.07) is 6.41. The van der Waals surface area contributed by atoms with E-state index in [0.29, 0.717) is 16.5 Å². The number of thiazole rings is 1. The lowest BCUT2D eigenvalue weighted by Crippen LogP contribution is -2.23. The third kappa shape index (κ3) is 8.91. The normalized spacial score (nSPS) is 11.4. The number of unbranched alkanes of at least 4 members (excludes halogenated alkanes) is 2. The van der Waals surface area contributed by atoms with Crippen LogP contribution in [0.2, 0.25) is 0 Å². The van der Waals surface area contributed by atoms with Crippen LogP contribution in [-0.2, 0) is 23.9 Å². The monoisotopic (exact) mass is 507 g/mol. The van der Waals surface area contributed by atoms with Crippen LogP contribution in [0.5, 0.6) is 0 Å². The molecule has 0 aliphatic carbocycles. The molecular weight excluding hydrogens is 479 g/mol. The van der Waals surface area contributed by atoms with Gasteiger partial charge in [-0.2, -0.15) is 13.2 Å². The number of carbonyl (C=O) groups excluding carboxylic acids is 1. The highest BCUT2D eigenvalue weighted by Crippen LogP contribution is 2.30. The molecule has 0 unspecified atom stereocenters. The molecule has 35 heavy (non-hydrogen) atoms. The Morgan fingerprint density at radius 2 is 1.86 bits per heavy atom. The van der Waals surface area contributed by atoms with Crippen LogP contribution in [0.4, 0.5) is 24.0 Å². The molecule has 0 spiro atoms. The molecule has 0 saturated heterocycles. The summed E-state index contributed by atoms with van der Waals surface area (Å²) < 4.78 is 43.5. The van der Waals surface area contributed by atoms with Crippen molar-refractivity contribution in [1.29, 1.82) is 0 Å². The van der Waals surface area contributed by atoms with Gasteiger partial charge in [0.2, 0.25) is 0 Å². The number of anilines is 2. The van der Waals surface area contributed by atoms with Gasteiger partial charge in [-0.05, 0) is 56.0 Å². The van der Waals surface area contributed by atoms with Crippen LogP contribution in [0, 0.1) is 0 Å². The molecule has 1 amide bonds. The van der Waals surface area contributed by atoms with E-state index in [1.54, 1.807) is 12.3 Å². The summed E-state index contributed by atoms with van der Waals surface area (Å²) in [6.45, 7) is 3.90. The van der Waals surface area contributed by atoms with E-state index in [0.717, 1.165) is 68.0 Å². The standard InChI is InChI=1S/C24H28F3N5O2S/c1-2-11-34-12-5-3-4-6-19-13-21(31-16-30-19)22(33)28-14-20-15-29-23(35-20)32-18-9-7-17(8-10-18)24(25,26)27/h7-10,13,15-16H,2-6,11-12,14H2,1H3,(H,28,33)(H,29,32). The van der Waals surface area contributed by atoms with Crippen LogP contribution in [0.25, 0.3) is 0 Å². The average Bonchev–Trinajstić information content (AvgIpc) is 3.29. The number of rotatable bonds is 13. The van der Waals surface area contributed by atoms with E-state index in [2.05, 4.69) is 32.5 Å². The third-order valence-corrected chi connectivity index (χ3v) is 5.88. The van der Waals surface area contributed by atoms with Crippen molar-refractivity contribution < 1.29 is 22.7 Å². The fourth-order valence-corrected chi connectivity index (χ4v) is 3.94. The topological polar surface area (TPSA) is 89.0 Å². The molecule has 1 aromatic carbocycles. The number of benzene rings is 1. The molecule has 0 aliphatic heterocycles. The summed E-state index contributed by atoms with van der Waals surface area (Å²) >= 11 is 1.30. The quantitative estimate of drug-likeness (QED) is 0.286. The molecule has 2 aromatic heterocycles. The lowest BCUT2D eigenvalue weighted by molar-refractivity contribution is -0.137. The molecule has 0 bridgehead atoms. The molecule has 2 heterocycles. The van der Waals surface area contributed by atoms with Crippen molar-refractivity contribution in [2.24, 2.45) is 0 Å². The number of hydrogen-bond donors (Lipinski definition) is 2. The summed E-state index contributed by atoms with van der Waals surface area (Å²) in [4.78, 5) is 25.8. The molecule has 11 heteroatoms. The van der Waals surface area contributed by atoms with E-state index in [1.807, 2.05) is 0 Å². The molecular formula is C24H28F3N5O2S. The van der Waals surface area contributed by atoms with Crippen molar-refractivity contribution in [2.75, 3.05) is 18.5 Å². The van der Waals surface area contributed by atoms with Crippen LogP contribution in [-0.4, -0.2) is 34.1 Å². The minimum absolute atomic E-state index is 0.252. The van der Waals surface area contributed by atoms with E-state index in [1.165, 1.54) is 29.8 Å². The van der Waals surface area contributed by atoms with Crippen LogP contribution >= 0.6 is 11.3 Å². The maximum absolute atomic E-state index is 12.7. The summed E-state index contributed by atoms with van der Waals surface area (Å²) in [6.07, 6.45) is 3.41. The summed E-state index contributed by atoms with van der Waals surface area (Å²) in [5, 5.41) is 6.29. The lowest BCUT2D eigenvalue weighted by atomic mass is 10.1. The van der Waals surface area contributed by atoms with E-state index < -0.39 is 11.7 Å². The van der Waals surface area contributed by atoms with Gasteiger partial charge in [0, 0.05) is 35.7 Å². The smallest absolute Gasteiger partial charge is 0.381 e. The zero-order valence-electron chi connectivity index (χ0n) is 19.4. The van der Waals surface area contributed by atoms with Gasteiger partial charge in [0.05, 0.1) is 12.1 Å². The van der Waals surface area contributed by atoms with Crippen molar-refractivity contribution in [1.82, 2.24) is 20.3 Å². The molecule has 3 aromatic rings. The van der Waals surface area contributed by atoms with Gasteiger partial charge in [0.25, 0.3) is 5.91 Å².